The first-order valence-electron chi connectivity index (χ1n) is 6.29. The topological polar surface area (TPSA) is 78.2 Å². The molecule has 3 N–H and O–H groups in total. The Balaban J connectivity index is 2.06. The van der Waals surface area contributed by atoms with E-state index in [4.69, 9.17) is 5.73 Å². The van der Waals surface area contributed by atoms with Gasteiger partial charge in [0.15, 0.2) is 0 Å². The number of amides is 1. The maximum absolute atomic E-state index is 12.2. The molecule has 0 unspecified atom stereocenters. The number of aromatic amines is 1. The number of nitrogens with zero attached hydrogens (tertiary/aromatic N) is 3. The van der Waals surface area contributed by atoms with E-state index >= 15 is 0 Å². The molecule has 0 atom stereocenters. The first-order chi connectivity index (χ1) is 9.49. The van der Waals surface area contributed by atoms with Gasteiger partial charge in [0, 0.05) is 33.4 Å². The average Bonchev–Trinajstić information content (AvgIpc) is 2.84. The molecule has 106 valence electrons. The summed E-state index contributed by atoms with van der Waals surface area (Å²) >= 11 is 0. The molecule has 6 heteroatoms. The zero-order chi connectivity index (χ0) is 14.7. The summed E-state index contributed by atoms with van der Waals surface area (Å²) in [5.74, 6) is -0.170. The molecule has 2 aromatic rings. The van der Waals surface area contributed by atoms with Crippen LogP contribution in [-0.2, 0) is 6.54 Å². The maximum atomic E-state index is 12.2. The van der Waals surface area contributed by atoms with Crippen molar-refractivity contribution in [2.75, 3.05) is 31.8 Å². The van der Waals surface area contributed by atoms with Gasteiger partial charge >= 0.3 is 0 Å². The number of hydrogen-bond acceptors (Lipinski definition) is 4. The third kappa shape index (κ3) is 2.90. The van der Waals surface area contributed by atoms with E-state index in [1.165, 1.54) is 6.20 Å². The number of aromatic nitrogens is 2. The van der Waals surface area contributed by atoms with E-state index < -0.39 is 0 Å². The molecule has 1 amide bonds. The first-order valence-corrected chi connectivity index (χ1v) is 6.29. The lowest BCUT2D eigenvalue weighted by molar-refractivity contribution is 0.0780. The number of nitrogens with one attached hydrogen (secondary N) is 1. The number of carbonyl (C=O) groups is 1. The van der Waals surface area contributed by atoms with Gasteiger partial charge in [0.2, 0.25) is 0 Å². The lowest BCUT2D eigenvalue weighted by Gasteiger charge is -2.18. The highest BCUT2D eigenvalue weighted by Crippen LogP contribution is 2.15. The van der Waals surface area contributed by atoms with Gasteiger partial charge in [0.05, 0.1) is 11.9 Å². The van der Waals surface area contributed by atoms with Gasteiger partial charge in [-0.05, 0) is 17.7 Å². The van der Waals surface area contributed by atoms with Crippen LogP contribution in [0.15, 0.2) is 30.5 Å². The number of benzene rings is 1. The molecule has 6 nitrogen and oxygen atoms in total. The van der Waals surface area contributed by atoms with Gasteiger partial charge in [-0.3, -0.25) is 9.89 Å². The maximum Gasteiger partial charge on any atom is 0.274 e. The molecule has 20 heavy (non-hydrogen) atoms. The highest BCUT2D eigenvalue weighted by Gasteiger charge is 2.16. The van der Waals surface area contributed by atoms with Crippen LogP contribution in [0, 0.1) is 0 Å². The van der Waals surface area contributed by atoms with Gasteiger partial charge in [-0.15, -0.1) is 0 Å². The molecule has 0 aliphatic carbocycles. The number of rotatable bonds is 4. The molecular formula is C14H19N5O. The predicted molar refractivity (Wildman–Crippen MR) is 79.6 cm³/mol. The number of nitrogens with two attached hydrogens (primary N) is 1. The third-order valence-electron chi connectivity index (χ3n) is 3.10. The summed E-state index contributed by atoms with van der Waals surface area (Å²) in [6.45, 7) is 0.519. The minimum atomic E-state index is -0.170. The number of H-pyrrole nitrogens is 1. The smallest absolute Gasteiger partial charge is 0.274 e. The molecular weight excluding hydrogens is 254 g/mol. The van der Waals surface area contributed by atoms with Crippen molar-refractivity contribution >= 4 is 17.3 Å². The summed E-state index contributed by atoms with van der Waals surface area (Å²) in [6.07, 6.45) is 1.44. The van der Waals surface area contributed by atoms with Gasteiger partial charge in [-0.1, -0.05) is 12.1 Å². The van der Waals surface area contributed by atoms with E-state index in [9.17, 15) is 4.79 Å². The number of hydrogen-bond donors (Lipinski definition) is 2. The molecule has 0 radical (unpaired) electrons. The van der Waals surface area contributed by atoms with Crippen LogP contribution >= 0.6 is 0 Å². The summed E-state index contributed by atoms with van der Waals surface area (Å²) in [6, 6.07) is 8.07. The van der Waals surface area contributed by atoms with Crippen molar-refractivity contribution in [3.63, 3.8) is 0 Å². The molecule has 0 bridgehead atoms. The van der Waals surface area contributed by atoms with E-state index in [-0.39, 0.29) is 5.91 Å². The predicted octanol–water partition coefficient (Wildman–Crippen LogP) is 1.33. The van der Waals surface area contributed by atoms with Crippen LogP contribution in [0.2, 0.25) is 0 Å². The Morgan fingerprint density at radius 1 is 1.25 bits per heavy atom. The Morgan fingerprint density at radius 3 is 2.40 bits per heavy atom. The SMILES string of the molecule is CN(Cc1ccc(N(C)C)cc1)C(=O)c1[nH]ncc1N. The van der Waals surface area contributed by atoms with Crippen LogP contribution in [0.1, 0.15) is 16.1 Å². The van der Waals surface area contributed by atoms with Crippen molar-refractivity contribution in [1.82, 2.24) is 15.1 Å². The van der Waals surface area contributed by atoms with Gasteiger partial charge in [0.1, 0.15) is 5.69 Å². The van der Waals surface area contributed by atoms with Crippen molar-refractivity contribution in [2.24, 2.45) is 0 Å². The van der Waals surface area contributed by atoms with Crippen LogP contribution in [0.4, 0.5) is 11.4 Å². The second-order valence-electron chi connectivity index (χ2n) is 4.92. The van der Waals surface area contributed by atoms with Crippen molar-refractivity contribution in [2.45, 2.75) is 6.54 Å². The van der Waals surface area contributed by atoms with Gasteiger partial charge < -0.3 is 15.5 Å². The summed E-state index contributed by atoms with van der Waals surface area (Å²) in [4.78, 5) is 15.8. The van der Waals surface area contributed by atoms with Crippen LogP contribution < -0.4 is 10.6 Å². The Labute approximate surface area is 118 Å². The van der Waals surface area contributed by atoms with E-state index in [0.717, 1.165) is 11.3 Å². The fourth-order valence-electron chi connectivity index (χ4n) is 1.90. The summed E-state index contributed by atoms with van der Waals surface area (Å²) in [7, 11) is 5.72. The van der Waals surface area contributed by atoms with Crippen molar-refractivity contribution in [3.8, 4) is 0 Å². The van der Waals surface area contributed by atoms with Crippen LogP contribution in [0.3, 0.4) is 0 Å². The lowest BCUT2D eigenvalue weighted by atomic mass is 10.2. The van der Waals surface area contributed by atoms with Crippen molar-refractivity contribution in [1.29, 1.82) is 0 Å². The van der Waals surface area contributed by atoms with Gasteiger partial charge in [0.25, 0.3) is 5.91 Å². The van der Waals surface area contributed by atoms with E-state index in [1.54, 1.807) is 11.9 Å². The molecule has 1 heterocycles. The van der Waals surface area contributed by atoms with Crippen molar-refractivity contribution in [3.05, 3.63) is 41.7 Å². The van der Waals surface area contributed by atoms with Gasteiger partial charge in [-0.2, -0.15) is 5.10 Å². The molecule has 0 aliphatic rings. The Bertz CT molecular complexity index is 588. The summed E-state index contributed by atoms with van der Waals surface area (Å²) in [5.41, 5.74) is 8.56. The minimum Gasteiger partial charge on any atom is -0.396 e. The fourth-order valence-corrected chi connectivity index (χ4v) is 1.90. The van der Waals surface area contributed by atoms with Crippen LogP contribution in [0.5, 0.6) is 0 Å². The Morgan fingerprint density at radius 2 is 1.90 bits per heavy atom. The van der Waals surface area contributed by atoms with Crippen molar-refractivity contribution < 1.29 is 4.79 Å². The minimum absolute atomic E-state index is 0.170. The number of carbonyl (C=O) groups excluding carboxylic acids is 1. The fraction of sp³-hybridized carbons (Fsp3) is 0.286. The third-order valence-corrected chi connectivity index (χ3v) is 3.10. The van der Waals surface area contributed by atoms with E-state index in [1.807, 2.05) is 43.3 Å². The summed E-state index contributed by atoms with van der Waals surface area (Å²) in [5, 5.41) is 6.38. The molecule has 0 saturated carbocycles. The second kappa shape index (κ2) is 5.64. The molecule has 1 aromatic carbocycles. The summed E-state index contributed by atoms with van der Waals surface area (Å²) < 4.78 is 0. The average molecular weight is 273 g/mol. The number of anilines is 2. The number of nitrogen functional groups attached to an aromatic ring is 1. The largest absolute Gasteiger partial charge is 0.396 e. The second-order valence-corrected chi connectivity index (χ2v) is 4.92. The zero-order valence-electron chi connectivity index (χ0n) is 11.9. The van der Waals surface area contributed by atoms with Gasteiger partial charge in [-0.25, -0.2) is 0 Å². The lowest BCUT2D eigenvalue weighted by Crippen LogP contribution is -2.27. The molecule has 0 spiro atoms. The zero-order valence-corrected chi connectivity index (χ0v) is 11.9. The Kier molecular flexibility index (Phi) is 3.93. The highest BCUT2D eigenvalue weighted by molar-refractivity contribution is 5.96. The monoisotopic (exact) mass is 273 g/mol. The van der Waals surface area contributed by atoms with Crippen LogP contribution in [-0.4, -0.2) is 42.1 Å². The standard InChI is InChI=1S/C14H19N5O/c1-18(2)11-6-4-10(5-7-11)9-19(3)14(20)13-12(15)8-16-17-13/h4-8H,9,15H2,1-3H3,(H,16,17). The first kappa shape index (κ1) is 13.9. The van der Waals surface area contributed by atoms with E-state index in [2.05, 4.69) is 10.2 Å². The normalized spacial score (nSPS) is 10.3. The molecule has 0 fully saturated rings. The molecule has 0 aliphatic heterocycles. The van der Waals surface area contributed by atoms with E-state index in [0.29, 0.717) is 17.9 Å². The molecule has 2 rings (SSSR count). The Hall–Kier alpha value is -2.50. The quantitative estimate of drug-likeness (QED) is 0.881. The highest BCUT2D eigenvalue weighted by atomic mass is 16.2. The molecule has 0 saturated heterocycles. The molecule has 1 aromatic heterocycles. The van der Waals surface area contributed by atoms with Crippen LogP contribution in [0.25, 0.3) is 0 Å².